The van der Waals surface area contributed by atoms with Crippen LogP contribution in [0.1, 0.15) is 37.1 Å². The lowest BCUT2D eigenvalue weighted by Crippen LogP contribution is -2.41. The summed E-state index contributed by atoms with van der Waals surface area (Å²) in [6.07, 6.45) is 2.63. The maximum absolute atomic E-state index is 12.1. The van der Waals surface area contributed by atoms with Gasteiger partial charge in [-0.1, -0.05) is 18.0 Å². The van der Waals surface area contributed by atoms with Crippen molar-refractivity contribution in [3.05, 3.63) is 21.3 Å². The van der Waals surface area contributed by atoms with E-state index >= 15 is 0 Å². The van der Waals surface area contributed by atoms with Crippen LogP contribution in [0.15, 0.2) is 12.1 Å². The highest BCUT2D eigenvalue weighted by Crippen LogP contribution is 2.28. The van der Waals surface area contributed by atoms with Crippen LogP contribution in [0.2, 0.25) is 4.34 Å². The molecule has 1 saturated carbocycles. The van der Waals surface area contributed by atoms with Crippen LogP contribution in [-0.2, 0) is 0 Å². The monoisotopic (exact) mass is 316 g/mol. The maximum atomic E-state index is 12.1. The van der Waals surface area contributed by atoms with Crippen LogP contribution in [0.5, 0.6) is 0 Å². The highest BCUT2D eigenvalue weighted by atomic mass is 35.5. The first kappa shape index (κ1) is 15.6. The van der Waals surface area contributed by atoms with Gasteiger partial charge in [0.2, 0.25) is 0 Å². The molecule has 3 unspecified atom stereocenters. The second kappa shape index (κ2) is 6.78. The Bertz CT molecular complexity index is 466. The average molecular weight is 317 g/mol. The average Bonchev–Trinajstić information content (AvgIpc) is 2.99. The van der Waals surface area contributed by atoms with Crippen LogP contribution in [0, 0.1) is 5.92 Å². The molecule has 1 aliphatic rings. The molecular formula is C14H21ClN2O2S. The maximum Gasteiger partial charge on any atom is 0.317 e. The number of nitrogens with zero attached hydrogens (tertiary/aromatic N) is 1. The van der Waals surface area contributed by atoms with Gasteiger partial charge in [0.05, 0.1) is 16.5 Å². The molecular weight excluding hydrogens is 296 g/mol. The molecule has 4 nitrogen and oxygen atoms in total. The Labute approximate surface area is 128 Å². The summed E-state index contributed by atoms with van der Waals surface area (Å²) in [6.45, 7) is 2.54. The lowest BCUT2D eigenvalue weighted by Gasteiger charge is -2.25. The fraction of sp³-hybridized carbons (Fsp3) is 0.643. The molecule has 112 valence electrons. The van der Waals surface area contributed by atoms with Crippen molar-refractivity contribution in [2.24, 2.45) is 5.92 Å². The molecule has 1 aromatic rings. The molecule has 3 atom stereocenters. The van der Waals surface area contributed by atoms with Crippen molar-refractivity contribution in [3.8, 4) is 0 Å². The van der Waals surface area contributed by atoms with Crippen LogP contribution in [0.3, 0.4) is 0 Å². The zero-order valence-electron chi connectivity index (χ0n) is 11.8. The van der Waals surface area contributed by atoms with Gasteiger partial charge in [-0.25, -0.2) is 4.79 Å². The molecule has 0 aliphatic heterocycles. The lowest BCUT2D eigenvalue weighted by atomic mass is 10.1. The highest BCUT2D eigenvalue weighted by Gasteiger charge is 2.27. The number of halogens is 1. The van der Waals surface area contributed by atoms with Gasteiger partial charge in [-0.2, -0.15) is 0 Å². The quantitative estimate of drug-likeness (QED) is 0.895. The van der Waals surface area contributed by atoms with Gasteiger partial charge < -0.3 is 15.3 Å². The number of aliphatic hydroxyl groups is 1. The summed E-state index contributed by atoms with van der Waals surface area (Å²) in [5.41, 5.74) is 0. The molecule has 0 spiro atoms. The molecule has 2 amide bonds. The lowest BCUT2D eigenvalue weighted by molar-refractivity contribution is 0.113. The molecule has 1 aromatic heterocycles. The first-order chi connectivity index (χ1) is 9.47. The first-order valence-corrected chi connectivity index (χ1v) is 8.11. The van der Waals surface area contributed by atoms with Crippen molar-refractivity contribution in [1.29, 1.82) is 0 Å². The molecule has 1 heterocycles. The van der Waals surface area contributed by atoms with E-state index in [1.54, 1.807) is 11.9 Å². The zero-order valence-corrected chi connectivity index (χ0v) is 13.4. The summed E-state index contributed by atoms with van der Waals surface area (Å²) in [4.78, 5) is 14.8. The van der Waals surface area contributed by atoms with Gasteiger partial charge >= 0.3 is 6.03 Å². The number of nitrogens with one attached hydrogen (secondary N) is 1. The van der Waals surface area contributed by atoms with Crippen LogP contribution >= 0.6 is 22.9 Å². The number of carbonyl (C=O) groups excluding carboxylic acids is 1. The number of rotatable bonds is 4. The van der Waals surface area contributed by atoms with Gasteiger partial charge in [0.1, 0.15) is 0 Å². The molecule has 2 rings (SSSR count). The summed E-state index contributed by atoms with van der Waals surface area (Å²) < 4.78 is 0.725. The summed E-state index contributed by atoms with van der Waals surface area (Å²) in [7, 11) is 1.77. The van der Waals surface area contributed by atoms with Gasteiger partial charge in [0, 0.05) is 24.4 Å². The third-order valence-electron chi connectivity index (χ3n) is 3.83. The van der Waals surface area contributed by atoms with Crippen molar-refractivity contribution in [3.63, 3.8) is 0 Å². The van der Waals surface area contributed by atoms with Crippen LogP contribution in [0.25, 0.3) is 0 Å². The minimum Gasteiger partial charge on any atom is -0.393 e. The van der Waals surface area contributed by atoms with E-state index in [4.69, 9.17) is 11.6 Å². The Balaban J connectivity index is 1.84. The number of aliphatic hydroxyl groups excluding tert-OH is 1. The molecule has 0 radical (unpaired) electrons. The molecule has 0 saturated heterocycles. The Morgan fingerprint density at radius 2 is 2.35 bits per heavy atom. The Morgan fingerprint density at radius 1 is 1.60 bits per heavy atom. The fourth-order valence-corrected chi connectivity index (χ4v) is 3.66. The molecule has 0 bridgehead atoms. The summed E-state index contributed by atoms with van der Waals surface area (Å²) in [5.74, 6) is 0.206. The van der Waals surface area contributed by atoms with E-state index in [9.17, 15) is 9.90 Å². The van der Waals surface area contributed by atoms with Crippen molar-refractivity contribution < 1.29 is 9.90 Å². The number of amides is 2. The highest BCUT2D eigenvalue weighted by molar-refractivity contribution is 7.16. The predicted octanol–water partition coefficient (Wildman–Crippen LogP) is 3.26. The fourth-order valence-electron chi connectivity index (χ4n) is 2.59. The number of thiophene rings is 1. The van der Waals surface area contributed by atoms with E-state index in [1.807, 2.05) is 19.1 Å². The van der Waals surface area contributed by atoms with Crippen LogP contribution < -0.4 is 5.32 Å². The topological polar surface area (TPSA) is 52.6 Å². The number of hydrogen-bond donors (Lipinski definition) is 2. The second-order valence-electron chi connectivity index (χ2n) is 5.45. The Morgan fingerprint density at radius 3 is 2.90 bits per heavy atom. The molecule has 0 aromatic carbocycles. The Hall–Kier alpha value is -0.780. The molecule has 1 fully saturated rings. The zero-order chi connectivity index (χ0) is 14.7. The summed E-state index contributed by atoms with van der Waals surface area (Å²) in [5, 5.41) is 12.8. The van der Waals surface area contributed by atoms with Gasteiger partial charge in [-0.15, -0.1) is 11.3 Å². The van der Waals surface area contributed by atoms with Crippen molar-refractivity contribution >= 4 is 29.0 Å². The number of carbonyl (C=O) groups is 1. The van der Waals surface area contributed by atoms with Crippen molar-refractivity contribution in [1.82, 2.24) is 10.2 Å². The third-order valence-corrected chi connectivity index (χ3v) is 5.25. The normalized spacial score (nSPS) is 23.6. The summed E-state index contributed by atoms with van der Waals surface area (Å²) >= 11 is 7.38. The summed E-state index contributed by atoms with van der Waals surface area (Å²) in [6, 6.07) is 3.60. The first-order valence-electron chi connectivity index (χ1n) is 6.92. The van der Waals surface area contributed by atoms with E-state index in [-0.39, 0.29) is 24.1 Å². The minimum atomic E-state index is -0.265. The Kier molecular flexibility index (Phi) is 5.29. The molecule has 6 heteroatoms. The SMILES string of the molecule is CC(NC(=O)N(C)CC1CCCC1O)c1ccc(Cl)s1. The molecule has 20 heavy (non-hydrogen) atoms. The van der Waals surface area contributed by atoms with Crippen molar-refractivity contribution in [2.45, 2.75) is 38.3 Å². The van der Waals surface area contributed by atoms with Crippen LogP contribution in [0.4, 0.5) is 4.79 Å². The van der Waals surface area contributed by atoms with E-state index in [2.05, 4.69) is 5.32 Å². The van der Waals surface area contributed by atoms with Crippen LogP contribution in [-0.4, -0.2) is 35.7 Å². The largest absolute Gasteiger partial charge is 0.393 e. The van der Waals surface area contributed by atoms with Gasteiger partial charge in [-0.3, -0.25) is 0 Å². The van der Waals surface area contributed by atoms with E-state index in [1.165, 1.54) is 11.3 Å². The number of urea groups is 1. The smallest absolute Gasteiger partial charge is 0.317 e. The number of hydrogen-bond acceptors (Lipinski definition) is 3. The van der Waals surface area contributed by atoms with Gasteiger partial charge in [-0.05, 0) is 31.9 Å². The van der Waals surface area contributed by atoms with E-state index < -0.39 is 0 Å². The van der Waals surface area contributed by atoms with Crippen molar-refractivity contribution in [2.75, 3.05) is 13.6 Å². The standard InChI is InChI=1S/C14H21ClN2O2S/c1-9(12-6-7-13(15)20-12)16-14(19)17(2)8-10-4-3-5-11(10)18/h6-7,9-11,18H,3-5,8H2,1-2H3,(H,16,19). The molecule has 1 aliphatic carbocycles. The van der Waals surface area contributed by atoms with Gasteiger partial charge in [0.25, 0.3) is 0 Å². The minimum absolute atomic E-state index is 0.0593. The second-order valence-corrected chi connectivity index (χ2v) is 7.20. The van der Waals surface area contributed by atoms with E-state index in [0.29, 0.717) is 6.54 Å². The third kappa shape index (κ3) is 3.87. The van der Waals surface area contributed by atoms with E-state index in [0.717, 1.165) is 28.5 Å². The van der Waals surface area contributed by atoms with Gasteiger partial charge in [0.15, 0.2) is 0 Å². The molecule has 2 N–H and O–H groups in total. The predicted molar refractivity (Wildman–Crippen MR) is 82.3 cm³/mol.